The number of benzene rings is 1. The monoisotopic (exact) mass is 222 g/mol. The number of hydrogen-bond acceptors (Lipinski definition) is 3. The zero-order chi connectivity index (χ0) is 11.1. The summed E-state index contributed by atoms with van der Waals surface area (Å²) < 4.78 is 0. The Hall–Kier alpha value is -1.09. The molecule has 0 saturated carbocycles. The number of carbonyl (C=O) groups excluding carboxylic acids is 2. The molecule has 0 fully saturated rings. The third kappa shape index (κ3) is 3.88. The van der Waals surface area contributed by atoms with E-state index in [2.05, 4.69) is 6.92 Å². The topological polar surface area (TPSA) is 34.1 Å². The van der Waals surface area contributed by atoms with Crippen LogP contribution in [0.15, 0.2) is 30.3 Å². The van der Waals surface area contributed by atoms with Gasteiger partial charge in [0.2, 0.25) is 5.78 Å². The predicted molar refractivity (Wildman–Crippen MR) is 63.1 cm³/mol. The van der Waals surface area contributed by atoms with E-state index in [-0.39, 0.29) is 5.12 Å². The van der Waals surface area contributed by atoms with Crippen LogP contribution in [0.3, 0.4) is 0 Å². The van der Waals surface area contributed by atoms with Gasteiger partial charge in [-0.05, 0) is 6.42 Å². The van der Waals surface area contributed by atoms with E-state index >= 15 is 0 Å². The summed E-state index contributed by atoms with van der Waals surface area (Å²) in [5, 5.41) is -0.352. The van der Waals surface area contributed by atoms with Crippen LogP contribution in [0.4, 0.5) is 0 Å². The Morgan fingerprint density at radius 1 is 1.20 bits per heavy atom. The zero-order valence-electron chi connectivity index (χ0n) is 8.73. The van der Waals surface area contributed by atoms with Crippen LogP contribution in [-0.2, 0) is 4.79 Å². The minimum atomic E-state index is -0.392. The fraction of sp³-hybridized carbons (Fsp3) is 0.333. The molecule has 3 heteroatoms. The van der Waals surface area contributed by atoms with Gasteiger partial charge in [0.1, 0.15) is 0 Å². The van der Waals surface area contributed by atoms with Gasteiger partial charge in [-0.1, -0.05) is 55.4 Å². The van der Waals surface area contributed by atoms with Gasteiger partial charge in [0.15, 0.2) is 0 Å². The van der Waals surface area contributed by atoms with Gasteiger partial charge >= 0.3 is 0 Å². The van der Waals surface area contributed by atoms with Crippen LogP contribution >= 0.6 is 11.8 Å². The van der Waals surface area contributed by atoms with Gasteiger partial charge in [-0.3, -0.25) is 9.59 Å². The van der Waals surface area contributed by atoms with Crippen molar-refractivity contribution in [2.45, 2.75) is 19.8 Å². The highest BCUT2D eigenvalue weighted by Gasteiger charge is 2.15. The maximum atomic E-state index is 11.6. The molecule has 0 atom stereocenters. The normalized spacial score (nSPS) is 9.93. The summed E-state index contributed by atoms with van der Waals surface area (Å²) in [6.07, 6.45) is 2.01. The molecule has 0 unspecified atom stereocenters. The molecule has 80 valence electrons. The molecule has 0 N–H and O–H groups in total. The Kier molecular flexibility index (Phi) is 5.12. The van der Waals surface area contributed by atoms with Gasteiger partial charge in [-0.15, -0.1) is 0 Å². The second-order valence-corrected chi connectivity index (χ2v) is 4.25. The van der Waals surface area contributed by atoms with Gasteiger partial charge in [0, 0.05) is 11.3 Å². The number of unbranched alkanes of at least 4 members (excludes halogenated alkanes) is 1. The van der Waals surface area contributed by atoms with E-state index in [4.69, 9.17) is 0 Å². The van der Waals surface area contributed by atoms with E-state index < -0.39 is 5.78 Å². The molecule has 1 aromatic rings. The summed E-state index contributed by atoms with van der Waals surface area (Å²) in [5.41, 5.74) is 0.478. The minimum Gasteiger partial charge on any atom is -0.284 e. The Morgan fingerprint density at radius 3 is 2.47 bits per heavy atom. The fourth-order valence-corrected chi connectivity index (χ4v) is 1.95. The van der Waals surface area contributed by atoms with Gasteiger partial charge in [-0.25, -0.2) is 0 Å². The number of ketones is 1. The predicted octanol–water partition coefficient (Wildman–Crippen LogP) is 2.93. The van der Waals surface area contributed by atoms with E-state index in [1.54, 1.807) is 24.3 Å². The summed E-state index contributed by atoms with van der Waals surface area (Å²) in [5.74, 6) is 0.338. The second kappa shape index (κ2) is 6.40. The molecular weight excluding hydrogens is 208 g/mol. The second-order valence-electron chi connectivity index (χ2n) is 3.18. The molecule has 0 aliphatic heterocycles. The van der Waals surface area contributed by atoms with Crippen molar-refractivity contribution in [3.8, 4) is 0 Å². The number of rotatable bonds is 5. The van der Waals surface area contributed by atoms with E-state index in [1.807, 2.05) is 6.07 Å². The number of hydrogen-bond donors (Lipinski definition) is 0. The Morgan fingerprint density at radius 2 is 1.87 bits per heavy atom. The van der Waals surface area contributed by atoms with Crippen LogP contribution in [0, 0.1) is 0 Å². The Balaban J connectivity index is 2.50. The Bertz CT molecular complexity index is 333. The lowest BCUT2D eigenvalue weighted by Gasteiger charge is -1.99. The van der Waals surface area contributed by atoms with Gasteiger partial charge in [-0.2, -0.15) is 0 Å². The van der Waals surface area contributed by atoms with Crippen molar-refractivity contribution in [3.63, 3.8) is 0 Å². The van der Waals surface area contributed by atoms with Crippen LogP contribution < -0.4 is 0 Å². The van der Waals surface area contributed by atoms with Crippen LogP contribution in [0.25, 0.3) is 0 Å². The molecule has 0 radical (unpaired) electrons. The number of thioether (sulfide) groups is 1. The largest absolute Gasteiger partial charge is 0.284 e. The summed E-state index contributed by atoms with van der Waals surface area (Å²) in [6.45, 7) is 2.06. The smallest absolute Gasteiger partial charge is 0.259 e. The summed E-state index contributed by atoms with van der Waals surface area (Å²) >= 11 is 1.12. The molecule has 1 aromatic carbocycles. The van der Waals surface area contributed by atoms with Crippen molar-refractivity contribution in [2.24, 2.45) is 0 Å². The fourth-order valence-electron chi connectivity index (χ4n) is 1.08. The summed E-state index contributed by atoms with van der Waals surface area (Å²) in [6, 6.07) is 8.68. The molecule has 1 rings (SSSR count). The van der Waals surface area contributed by atoms with Crippen LogP contribution in [0.1, 0.15) is 30.1 Å². The van der Waals surface area contributed by atoms with Crippen molar-refractivity contribution in [3.05, 3.63) is 35.9 Å². The molecule has 0 aromatic heterocycles. The first-order chi connectivity index (χ1) is 7.25. The average molecular weight is 222 g/mol. The molecule has 15 heavy (non-hydrogen) atoms. The number of Topliss-reactive ketones (excluding diaryl/α,β-unsaturated/α-hetero) is 1. The summed E-state index contributed by atoms with van der Waals surface area (Å²) in [7, 11) is 0. The lowest BCUT2D eigenvalue weighted by Crippen LogP contribution is -2.10. The molecule has 0 bridgehead atoms. The Labute approximate surface area is 94.1 Å². The molecule has 0 aliphatic carbocycles. The molecular formula is C12H14O2S. The quantitative estimate of drug-likeness (QED) is 0.436. The molecule has 0 aliphatic rings. The van der Waals surface area contributed by atoms with Gasteiger partial charge in [0.25, 0.3) is 5.12 Å². The third-order valence-electron chi connectivity index (χ3n) is 1.95. The highest BCUT2D eigenvalue weighted by molar-refractivity contribution is 8.15. The highest BCUT2D eigenvalue weighted by Crippen LogP contribution is 2.11. The van der Waals surface area contributed by atoms with Gasteiger partial charge in [0.05, 0.1) is 0 Å². The first kappa shape index (κ1) is 12.0. The zero-order valence-corrected chi connectivity index (χ0v) is 9.55. The molecule has 0 amide bonds. The molecule has 2 nitrogen and oxygen atoms in total. The van der Waals surface area contributed by atoms with E-state index in [0.717, 1.165) is 30.4 Å². The number of carbonyl (C=O) groups is 2. The van der Waals surface area contributed by atoms with E-state index in [1.165, 1.54) is 0 Å². The minimum absolute atomic E-state index is 0.352. The average Bonchev–Trinajstić information content (AvgIpc) is 2.29. The van der Waals surface area contributed by atoms with Gasteiger partial charge < -0.3 is 0 Å². The standard InChI is InChI=1S/C12H14O2S/c1-2-3-9-15-12(14)11(13)10-7-5-4-6-8-10/h4-8H,2-3,9H2,1H3. The lowest BCUT2D eigenvalue weighted by molar-refractivity contribution is -0.107. The molecule has 0 heterocycles. The lowest BCUT2D eigenvalue weighted by atomic mass is 10.1. The maximum Gasteiger partial charge on any atom is 0.259 e. The summed E-state index contributed by atoms with van der Waals surface area (Å²) in [4.78, 5) is 23.0. The third-order valence-corrected chi connectivity index (χ3v) is 2.89. The van der Waals surface area contributed by atoms with Crippen LogP contribution in [0.5, 0.6) is 0 Å². The van der Waals surface area contributed by atoms with Crippen molar-refractivity contribution in [1.29, 1.82) is 0 Å². The maximum absolute atomic E-state index is 11.6. The van der Waals surface area contributed by atoms with Crippen LogP contribution in [0.2, 0.25) is 0 Å². The van der Waals surface area contributed by atoms with Crippen molar-refractivity contribution >= 4 is 22.7 Å². The van der Waals surface area contributed by atoms with Crippen molar-refractivity contribution in [1.82, 2.24) is 0 Å². The first-order valence-corrected chi connectivity index (χ1v) is 6.00. The highest BCUT2D eigenvalue weighted by atomic mass is 32.2. The van der Waals surface area contributed by atoms with Crippen LogP contribution in [-0.4, -0.2) is 16.7 Å². The van der Waals surface area contributed by atoms with E-state index in [9.17, 15) is 9.59 Å². The first-order valence-electron chi connectivity index (χ1n) is 5.02. The van der Waals surface area contributed by atoms with E-state index in [0.29, 0.717) is 5.56 Å². The SMILES string of the molecule is CCCCSC(=O)C(=O)c1ccccc1. The molecule has 0 saturated heterocycles. The van der Waals surface area contributed by atoms with Crippen molar-refractivity contribution in [2.75, 3.05) is 5.75 Å². The molecule has 0 spiro atoms. The van der Waals surface area contributed by atoms with Crippen molar-refractivity contribution < 1.29 is 9.59 Å².